The lowest BCUT2D eigenvalue weighted by Gasteiger charge is -2.58. The standard InChI is InChI=1S/C15H24O5/c1-12(2,18)9-7-15(20)13(3,8-10(9)16)6-5-11(17)14(15,4)19/h7,11,17-20H,5-6,8H2,1-4H3. The van der Waals surface area contributed by atoms with E-state index in [-0.39, 0.29) is 17.8 Å². The van der Waals surface area contributed by atoms with Gasteiger partial charge in [0.2, 0.25) is 0 Å². The van der Waals surface area contributed by atoms with Gasteiger partial charge in [-0.2, -0.15) is 0 Å². The van der Waals surface area contributed by atoms with Crippen molar-refractivity contribution < 1.29 is 25.2 Å². The van der Waals surface area contributed by atoms with E-state index in [0.29, 0.717) is 12.8 Å². The van der Waals surface area contributed by atoms with Crippen LogP contribution in [0.15, 0.2) is 11.6 Å². The summed E-state index contributed by atoms with van der Waals surface area (Å²) in [4.78, 5) is 12.3. The number of ketones is 1. The van der Waals surface area contributed by atoms with Gasteiger partial charge in [0.25, 0.3) is 0 Å². The van der Waals surface area contributed by atoms with E-state index in [2.05, 4.69) is 0 Å². The van der Waals surface area contributed by atoms with Gasteiger partial charge in [-0.25, -0.2) is 0 Å². The molecule has 2 aliphatic rings. The molecule has 0 aromatic carbocycles. The van der Waals surface area contributed by atoms with Crippen molar-refractivity contribution in [3.8, 4) is 0 Å². The number of hydrogen-bond donors (Lipinski definition) is 4. The summed E-state index contributed by atoms with van der Waals surface area (Å²) in [6.07, 6.45) is 0.990. The number of aliphatic hydroxyl groups excluding tert-OH is 1. The van der Waals surface area contributed by atoms with Gasteiger partial charge in [0, 0.05) is 17.4 Å². The van der Waals surface area contributed by atoms with Crippen LogP contribution < -0.4 is 0 Å². The molecule has 0 heterocycles. The molecule has 0 radical (unpaired) electrons. The normalized spacial score (nSPS) is 45.9. The van der Waals surface area contributed by atoms with Crippen molar-refractivity contribution in [1.29, 1.82) is 0 Å². The van der Waals surface area contributed by atoms with Crippen LogP contribution in [0.2, 0.25) is 0 Å². The van der Waals surface area contributed by atoms with Crippen LogP contribution in [0.25, 0.3) is 0 Å². The molecule has 20 heavy (non-hydrogen) atoms. The molecule has 0 saturated heterocycles. The van der Waals surface area contributed by atoms with Crippen molar-refractivity contribution >= 4 is 5.78 Å². The molecule has 0 spiro atoms. The predicted molar refractivity (Wildman–Crippen MR) is 72.9 cm³/mol. The zero-order chi connectivity index (χ0) is 15.6. The van der Waals surface area contributed by atoms with Gasteiger partial charge in [-0.1, -0.05) is 6.92 Å². The van der Waals surface area contributed by atoms with Crippen LogP contribution in [0.3, 0.4) is 0 Å². The first-order chi connectivity index (χ1) is 8.85. The van der Waals surface area contributed by atoms with Crippen molar-refractivity contribution in [2.75, 3.05) is 0 Å². The third-order valence-electron chi connectivity index (χ3n) is 5.17. The molecule has 0 aliphatic heterocycles. The third-order valence-corrected chi connectivity index (χ3v) is 5.17. The van der Waals surface area contributed by atoms with Crippen molar-refractivity contribution in [2.24, 2.45) is 5.41 Å². The van der Waals surface area contributed by atoms with Gasteiger partial charge in [0.05, 0.1) is 11.7 Å². The second kappa shape index (κ2) is 4.13. The second-order valence-electron chi connectivity index (χ2n) is 7.25. The van der Waals surface area contributed by atoms with E-state index in [4.69, 9.17) is 0 Å². The zero-order valence-corrected chi connectivity index (χ0v) is 12.5. The molecule has 0 aromatic rings. The highest BCUT2D eigenvalue weighted by atomic mass is 16.4. The van der Waals surface area contributed by atoms with Crippen molar-refractivity contribution in [2.45, 2.75) is 69.9 Å². The Morgan fingerprint density at radius 2 is 1.85 bits per heavy atom. The predicted octanol–water partition coefficient (Wildman–Crippen LogP) is 0.300. The molecule has 2 aliphatic carbocycles. The smallest absolute Gasteiger partial charge is 0.162 e. The van der Waals surface area contributed by atoms with Crippen molar-refractivity contribution in [1.82, 2.24) is 0 Å². The molecule has 2 rings (SSSR count). The average Bonchev–Trinajstić information content (AvgIpc) is 2.27. The first-order valence-electron chi connectivity index (χ1n) is 6.97. The van der Waals surface area contributed by atoms with E-state index in [1.807, 2.05) is 0 Å². The second-order valence-corrected chi connectivity index (χ2v) is 7.25. The van der Waals surface area contributed by atoms with E-state index in [9.17, 15) is 25.2 Å². The lowest BCUT2D eigenvalue weighted by molar-refractivity contribution is -0.246. The Labute approximate surface area is 118 Å². The Hall–Kier alpha value is -0.750. The number of carbonyl (C=O) groups is 1. The molecular weight excluding hydrogens is 260 g/mol. The Bertz CT molecular complexity index is 473. The maximum absolute atomic E-state index is 12.3. The van der Waals surface area contributed by atoms with Crippen molar-refractivity contribution in [3.63, 3.8) is 0 Å². The lowest BCUT2D eigenvalue weighted by Crippen LogP contribution is -2.70. The molecule has 5 heteroatoms. The molecule has 114 valence electrons. The number of carbonyl (C=O) groups excluding carboxylic acids is 1. The SMILES string of the molecule is CC(C)(O)C1=CC2(O)C(C)(CCC(O)C2(C)O)CC1=O. The molecule has 0 aromatic heterocycles. The van der Waals surface area contributed by atoms with Gasteiger partial charge in [-0.15, -0.1) is 0 Å². The first-order valence-corrected chi connectivity index (χ1v) is 6.97. The van der Waals surface area contributed by atoms with Crippen LogP contribution in [0.5, 0.6) is 0 Å². The fourth-order valence-corrected chi connectivity index (χ4v) is 3.59. The molecular formula is C15H24O5. The lowest BCUT2D eigenvalue weighted by atomic mass is 9.51. The summed E-state index contributed by atoms with van der Waals surface area (Å²) in [5, 5.41) is 41.8. The van der Waals surface area contributed by atoms with Crippen LogP contribution in [0.4, 0.5) is 0 Å². The summed E-state index contributed by atoms with van der Waals surface area (Å²) >= 11 is 0. The molecule has 0 bridgehead atoms. The Morgan fingerprint density at radius 1 is 1.30 bits per heavy atom. The monoisotopic (exact) mass is 284 g/mol. The molecule has 0 amide bonds. The molecule has 4 atom stereocenters. The van der Waals surface area contributed by atoms with Gasteiger partial charge in [0.1, 0.15) is 11.2 Å². The Morgan fingerprint density at radius 3 is 2.35 bits per heavy atom. The maximum atomic E-state index is 12.3. The highest BCUT2D eigenvalue weighted by Crippen LogP contribution is 2.55. The van der Waals surface area contributed by atoms with E-state index >= 15 is 0 Å². The summed E-state index contributed by atoms with van der Waals surface area (Å²) in [6.45, 7) is 6.06. The van der Waals surface area contributed by atoms with Gasteiger partial charge in [0.15, 0.2) is 5.78 Å². The van der Waals surface area contributed by atoms with E-state index < -0.39 is 28.3 Å². The largest absolute Gasteiger partial charge is 0.390 e. The molecule has 4 N–H and O–H groups in total. The number of hydrogen-bond acceptors (Lipinski definition) is 5. The topological polar surface area (TPSA) is 98.0 Å². The number of aliphatic hydroxyl groups is 4. The number of fused-ring (bicyclic) bond motifs is 1. The average molecular weight is 284 g/mol. The minimum absolute atomic E-state index is 0.0438. The summed E-state index contributed by atoms with van der Waals surface area (Å²) in [5.41, 5.74) is -5.67. The van der Waals surface area contributed by atoms with Gasteiger partial charge < -0.3 is 20.4 Å². The van der Waals surface area contributed by atoms with Crippen LogP contribution >= 0.6 is 0 Å². The minimum Gasteiger partial charge on any atom is -0.390 e. The van der Waals surface area contributed by atoms with E-state index in [0.717, 1.165) is 0 Å². The summed E-state index contributed by atoms with van der Waals surface area (Å²) in [7, 11) is 0. The molecule has 1 saturated carbocycles. The summed E-state index contributed by atoms with van der Waals surface area (Å²) in [6, 6.07) is 0. The fourth-order valence-electron chi connectivity index (χ4n) is 3.59. The van der Waals surface area contributed by atoms with Crippen LogP contribution in [-0.2, 0) is 4.79 Å². The van der Waals surface area contributed by atoms with Crippen LogP contribution in [0, 0.1) is 5.41 Å². The molecule has 1 fully saturated rings. The summed E-state index contributed by atoms with van der Waals surface area (Å²) < 4.78 is 0. The van der Waals surface area contributed by atoms with Crippen LogP contribution in [0.1, 0.15) is 47.0 Å². The van der Waals surface area contributed by atoms with Crippen LogP contribution in [-0.4, -0.2) is 49.1 Å². The molecule has 5 nitrogen and oxygen atoms in total. The van der Waals surface area contributed by atoms with E-state index in [1.54, 1.807) is 6.92 Å². The summed E-state index contributed by atoms with van der Waals surface area (Å²) in [5.74, 6) is -0.225. The number of Topliss-reactive ketones (excluding diaryl/α,β-unsaturated/α-hetero) is 1. The van der Waals surface area contributed by atoms with Gasteiger partial charge >= 0.3 is 0 Å². The Kier molecular flexibility index (Phi) is 3.23. The highest BCUT2D eigenvalue weighted by Gasteiger charge is 2.65. The quantitative estimate of drug-likeness (QED) is 0.555. The number of rotatable bonds is 1. The Balaban J connectivity index is 2.64. The molecule has 4 unspecified atom stereocenters. The third kappa shape index (κ3) is 1.88. The first kappa shape index (κ1) is 15.6. The van der Waals surface area contributed by atoms with E-state index in [1.165, 1.54) is 26.8 Å². The van der Waals surface area contributed by atoms with Gasteiger partial charge in [-0.05, 0) is 39.7 Å². The van der Waals surface area contributed by atoms with Gasteiger partial charge in [-0.3, -0.25) is 4.79 Å². The maximum Gasteiger partial charge on any atom is 0.162 e. The van der Waals surface area contributed by atoms with Crippen molar-refractivity contribution in [3.05, 3.63) is 11.6 Å². The highest BCUT2D eigenvalue weighted by molar-refractivity contribution is 5.99. The minimum atomic E-state index is -1.77. The fraction of sp³-hybridized carbons (Fsp3) is 0.800. The zero-order valence-electron chi connectivity index (χ0n) is 12.5.